The van der Waals surface area contributed by atoms with Gasteiger partial charge in [-0.1, -0.05) is 36.4 Å². The van der Waals surface area contributed by atoms with Crippen LogP contribution in [0.2, 0.25) is 0 Å². The molecule has 0 radical (unpaired) electrons. The Kier molecular flexibility index (Phi) is 5.01. The van der Waals surface area contributed by atoms with Gasteiger partial charge in [-0.05, 0) is 37.6 Å². The number of hydrogen-bond donors (Lipinski definition) is 0. The summed E-state index contributed by atoms with van der Waals surface area (Å²) in [5, 5.41) is 0. The number of fused-ring (bicyclic) bond motifs is 1. The van der Waals surface area contributed by atoms with E-state index < -0.39 is 5.76 Å². The van der Waals surface area contributed by atoms with Crippen molar-refractivity contribution in [1.82, 2.24) is 9.55 Å². The SMILES string of the molecule is CC(=O)C1CN(c2cccc3c2oc(=O)n3-c2ccc(OCc3ccccc3)nc2C)C1. The van der Waals surface area contributed by atoms with Gasteiger partial charge in [0.05, 0.1) is 28.5 Å². The highest BCUT2D eigenvalue weighted by molar-refractivity contribution is 5.90. The van der Waals surface area contributed by atoms with Crippen LogP contribution in [0, 0.1) is 12.8 Å². The lowest BCUT2D eigenvalue weighted by atomic mass is 9.95. The van der Waals surface area contributed by atoms with Crippen LogP contribution in [-0.4, -0.2) is 28.4 Å². The van der Waals surface area contributed by atoms with Crippen LogP contribution in [0.25, 0.3) is 16.8 Å². The minimum absolute atomic E-state index is 0.0361. The maximum atomic E-state index is 12.8. The number of carbonyl (C=O) groups is 1. The molecule has 7 nitrogen and oxygen atoms in total. The Balaban J connectivity index is 1.44. The number of aryl methyl sites for hydroxylation is 1. The Hall–Kier alpha value is -3.87. The molecule has 4 aromatic rings. The molecule has 162 valence electrons. The number of aromatic nitrogens is 2. The number of Topliss-reactive ketones (excluding diaryl/α,β-unsaturated/α-hetero) is 1. The predicted octanol–water partition coefficient (Wildman–Crippen LogP) is 3.89. The van der Waals surface area contributed by atoms with E-state index >= 15 is 0 Å². The van der Waals surface area contributed by atoms with E-state index in [0.29, 0.717) is 48.1 Å². The maximum Gasteiger partial charge on any atom is 0.424 e. The summed E-state index contributed by atoms with van der Waals surface area (Å²) >= 11 is 0. The summed E-state index contributed by atoms with van der Waals surface area (Å²) in [6.45, 7) is 5.14. The molecule has 0 N–H and O–H groups in total. The monoisotopic (exact) mass is 429 g/mol. The molecule has 0 amide bonds. The number of ether oxygens (including phenoxy) is 1. The highest BCUT2D eigenvalue weighted by Gasteiger charge is 2.32. The van der Waals surface area contributed by atoms with Crippen LogP contribution in [0.5, 0.6) is 5.88 Å². The van der Waals surface area contributed by atoms with Crippen LogP contribution in [-0.2, 0) is 11.4 Å². The zero-order valence-corrected chi connectivity index (χ0v) is 17.9. The van der Waals surface area contributed by atoms with Crippen LogP contribution in [0.15, 0.2) is 69.9 Å². The van der Waals surface area contributed by atoms with E-state index in [2.05, 4.69) is 9.88 Å². The first-order valence-corrected chi connectivity index (χ1v) is 10.6. The van der Waals surface area contributed by atoms with Gasteiger partial charge in [0.2, 0.25) is 5.88 Å². The first-order valence-electron chi connectivity index (χ1n) is 10.6. The number of hydrogen-bond acceptors (Lipinski definition) is 6. The van der Waals surface area contributed by atoms with Gasteiger partial charge < -0.3 is 14.1 Å². The number of rotatable bonds is 6. The standard InChI is InChI=1S/C25H23N3O4/c1-16-20(11-12-23(26-16)31-15-18-7-4-3-5-8-18)28-22-10-6-9-21(24(22)32-25(28)30)27-13-19(14-27)17(2)29/h3-12,19H,13-15H2,1-2H3. The van der Waals surface area contributed by atoms with Gasteiger partial charge >= 0.3 is 5.76 Å². The molecule has 0 unspecified atom stereocenters. The first kappa shape index (κ1) is 20.1. The number of nitrogens with zero attached hydrogens (tertiary/aromatic N) is 3. The highest BCUT2D eigenvalue weighted by Crippen LogP contribution is 2.33. The molecule has 0 spiro atoms. The Bertz CT molecular complexity index is 1350. The van der Waals surface area contributed by atoms with Crippen molar-refractivity contribution < 1.29 is 13.9 Å². The summed E-state index contributed by atoms with van der Waals surface area (Å²) in [5.41, 5.74) is 4.36. The maximum absolute atomic E-state index is 12.8. The van der Waals surface area contributed by atoms with E-state index in [1.165, 1.54) is 4.57 Å². The van der Waals surface area contributed by atoms with Gasteiger partial charge in [0, 0.05) is 19.2 Å². The van der Waals surface area contributed by atoms with Crippen molar-refractivity contribution in [3.05, 3.63) is 82.5 Å². The lowest BCUT2D eigenvalue weighted by Crippen LogP contribution is -2.49. The van der Waals surface area contributed by atoms with E-state index in [9.17, 15) is 9.59 Å². The number of carbonyl (C=O) groups excluding carboxylic acids is 1. The van der Waals surface area contributed by atoms with Crippen molar-refractivity contribution in [2.24, 2.45) is 5.92 Å². The fraction of sp³-hybridized carbons (Fsp3) is 0.240. The molecule has 32 heavy (non-hydrogen) atoms. The molecule has 0 aliphatic carbocycles. The normalized spacial score (nSPS) is 13.9. The van der Waals surface area contributed by atoms with Gasteiger partial charge in [-0.15, -0.1) is 0 Å². The Morgan fingerprint density at radius 2 is 1.84 bits per heavy atom. The van der Waals surface area contributed by atoms with Crippen LogP contribution in [0.3, 0.4) is 0 Å². The summed E-state index contributed by atoms with van der Waals surface area (Å²) < 4.78 is 13.0. The van der Waals surface area contributed by atoms with Crippen LogP contribution >= 0.6 is 0 Å². The number of anilines is 1. The highest BCUT2D eigenvalue weighted by atomic mass is 16.5. The Labute approximate surface area is 184 Å². The van der Waals surface area contributed by atoms with Crippen LogP contribution < -0.4 is 15.4 Å². The minimum Gasteiger partial charge on any atom is -0.473 e. The Morgan fingerprint density at radius 1 is 1.06 bits per heavy atom. The molecule has 5 rings (SSSR count). The van der Waals surface area contributed by atoms with Crippen LogP contribution in [0.1, 0.15) is 18.2 Å². The van der Waals surface area contributed by atoms with E-state index in [1.54, 1.807) is 13.0 Å². The molecule has 2 aromatic carbocycles. The molecule has 0 bridgehead atoms. The molecule has 7 heteroatoms. The largest absolute Gasteiger partial charge is 0.473 e. The van der Waals surface area contributed by atoms with Crippen LogP contribution in [0.4, 0.5) is 5.69 Å². The van der Waals surface area contributed by atoms with E-state index in [4.69, 9.17) is 9.15 Å². The Morgan fingerprint density at radius 3 is 2.56 bits per heavy atom. The fourth-order valence-corrected chi connectivity index (χ4v) is 4.01. The van der Waals surface area contributed by atoms with Gasteiger partial charge in [-0.2, -0.15) is 0 Å². The van der Waals surface area contributed by atoms with E-state index in [0.717, 1.165) is 11.3 Å². The third-order valence-electron chi connectivity index (χ3n) is 5.89. The number of ketones is 1. The average Bonchev–Trinajstić information content (AvgIpc) is 3.08. The molecule has 0 saturated carbocycles. The van der Waals surface area contributed by atoms with Gasteiger partial charge in [-0.3, -0.25) is 4.79 Å². The zero-order chi connectivity index (χ0) is 22.2. The summed E-state index contributed by atoms with van der Waals surface area (Å²) in [5.74, 6) is 0.240. The second kappa shape index (κ2) is 8.00. The van der Waals surface area contributed by atoms with Crippen molar-refractivity contribution in [3.8, 4) is 11.6 Å². The topological polar surface area (TPSA) is 77.6 Å². The quantitative estimate of drug-likeness (QED) is 0.463. The van der Waals surface area contributed by atoms with Crippen molar-refractivity contribution in [2.45, 2.75) is 20.5 Å². The molecular weight excluding hydrogens is 406 g/mol. The number of benzene rings is 2. The zero-order valence-electron chi connectivity index (χ0n) is 17.9. The van der Waals surface area contributed by atoms with Crippen molar-refractivity contribution in [2.75, 3.05) is 18.0 Å². The predicted molar refractivity (Wildman–Crippen MR) is 122 cm³/mol. The third kappa shape index (κ3) is 3.56. The van der Waals surface area contributed by atoms with Crippen molar-refractivity contribution >= 4 is 22.6 Å². The third-order valence-corrected chi connectivity index (χ3v) is 5.89. The van der Waals surface area contributed by atoms with Gasteiger partial charge in [0.1, 0.15) is 12.4 Å². The first-order chi connectivity index (χ1) is 15.5. The summed E-state index contributed by atoms with van der Waals surface area (Å²) in [6, 6.07) is 19.1. The van der Waals surface area contributed by atoms with Gasteiger partial charge in [0.25, 0.3) is 0 Å². The second-order valence-corrected chi connectivity index (χ2v) is 8.07. The fourth-order valence-electron chi connectivity index (χ4n) is 4.01. The molecule has 3 heterocycles. The van der Waals surface area contributed by atoms with Crippen molar-refractivity contribution in [1.29, 1.82) is 0 Å². The van der Waals surface area contributed by atoms with Gasteiger partial charge in [-0.25, -0.2) is 14.3 Å². The lowest BCUT2D eigenvalue weighted by Gasteiger charge is -2.39. The molecule has 2 aromatic heterocycles. The second-order valence-electron chi connectivity index (χ2n) is 8.07. The summed E-state index contributed by atoms with van der Waals surface area (Å²) in [7, 11) is 0. The van der Waals surface area contributed by atoms with Gasteiger partial charge in [0.15, 0.2) is 5.58 Å². The molecule has 0 atom stereocenters. The summed E-state index contributed by atoms with van der Waals surface area (Å²) in [6.07, 6.45) is 0. The summed E-state index contributed by atoms with van der Waals surface area (Å²) in [4.78, 5) is 31.0. The van der Waals surface area contributed by atoms with Crippen molar-refractivity contribution in [3.63, 3.8) is 0 Å². The number of oxazole rings is 1. The minimum atomic E-state index is -0.473. The lowest BCUT2D eigenvalue weighted by molar-refractivity contribution is -0.121. The molecule has 1 saturated heterocycles. The molecular formula is C25H23N3O4. The smallest absolute Gasteiger partial charge is 0.424 e. The molecule has 1 fully saturated rings. The number of para-hydroxylation sites is 1. The molecule has 1 aliphatic rings. The average molecular weight is 429 g/mol. The van der Waals surface area contributed by atoms with E-state index in [1.807, 2.05) is 61.5 Å². The van der Waals surface area contributed by atoms with E-state index in [-0.39, 0.29) is 11.7 Å². The number of pyridine rings is 1. The molecule has 1 aliphatic heterocycles.